The summed E-state index contributed by atoms with van der Waals surface area (Å²) >= 11 is 0. The minimum Gasteiger partial charge on any atom is -0.497 e. The molecule has 0 fully saturated rings. The number of carbonyl (C=O) groups excluding carboxylic acids is 1. The van der Waals surface area contributed by atoms with Gasteiger partial charge in [-0.2, -0.15) is 0 Å². The molecule has 5 nitrogen and oxygen atoms in total. The van der Waals surface area contributed by atoms with Crippen LogP contribution in [0.5, 0.6) is 5.75 Å². The average Bonchev–Trinajstić information content (AvgIpc) is 2.62. The smallest absolute Gasteiger partial charge is 0.314 e. The van der Waals surface area contributed by atoms with Crippen LogP contribution in [0.4, 0.5) is 4.79 Å². The highest BCUT2D eigenvalue weighted by molar-refractivity contribution is 5.87. The van der Waals surface area contributed by atoms with E-state index in [2.05, 4.69) is 16.7 Å². The van der Waals surface area contributed by atoms with Gasteiger partial charge in [-0.3, -0.25) is 0 Å². The van der Waals surface area contributed by atoms with E-state index in [4.69, 9.17) is 4.74 Å². The first-order valence-electron chi connectivity index (χ1n) is 8.38. The topological polar surface area (TPSA) is 70.6 Å². The van der Waals surface area contributed by atoms with E-state index in [0.717, 1.165) is 28.5 Å². The van der Waals surface area contributed by atoms with Gasteiger partial charge in [-0.15, -0.1) is 0 Å². The maximum Gasteiger partial charge on any atom is 0.314 e. The lowest BCUT2D eigenvalue weighted by molar-refractivity contribution is 0.237. The van der Waals surface area contributed by atoms with Crippen LogP contribution in [0, 0.1) is 0 Å². The van der Waals surface area contributed by atoms with Crippen molar-refractivity contribution in [3.8, 4) is 5.75 Å². The van der Waals surface area contributed by atoms with Crippen LogP contribution in [-0.4, -0.2) is 37.9 Å². The Hall–Kier alpha value is -2.27. The van der Waals surface area contributed by atoms with Gasteiger partial charge in [-0.1, -0.05) is 31.2 Å². The number of nitrogens with one attached hydrogen (secondary N) is 2. The van der Waals surface area contributed by atoms with Gasteiger partial charge in [0.15, 0.2) is 0 Å². The van der Waals surface area contributed by atoms with Crippen molar-refractivity contribution in [3.05, 3.63) is 42.0 Å². The third-order valence-corrected chi connectivity index (χ3v) is 4.08. The number of hydrogen-bond acceptors (Lipinski definition) is 3. The number of urea groups is 1. The molecule has 0 aliphatic rings. The van der Waals surface area contributed by atoms with E-state index in [1.165, 1.54) is 0 Å². The first-order chi connectivity index (χ1) is 11.7. The van der Waals surface area contributed by atoms with E-state index in [9.17, 15) is 9.90 Å². The van der Waals surface area contributed by atoms with Gasteiger partial charge in [-0.05, 0) is 41.3 Å². The SMILES string of the molecule is CCCNC(=O)NCC(CCO)c1cccc2ccc(OC)cc12. The first-order valence-corrected chi connectivity index (χ1v) is 8.38. The zero-order chi connectivity index (χ0) is 17.4. The second-order valence-electron chi connectivity index (χ2n) is 5.78. The first kappa shape index (κ1) is 18.1. The zero-order valence-corrected chi connectivity index (χ0v) is 14.3. The van der Waals surface area contributed by atoms with E-state index >= 15 is 0 Å². The van der Waals surface area contributed by atoms with Crippen LogP contribution in [0.3, 0.4) is 0 Å². The highest BCUT2D eigenvalue weighted by Crippen LogP contribution is 2.30. The standard InChI is InChI=1S/C19H26N2O3/c1-3-10-20-19(23)21-13-15(9-11-22)17-6-4-5-14-7-8-16(24-2)12-18(14)17/h4-8,12,15,22H,3,9-11,13H2,1-2H3,(H2,20,21,23). The van der Waals surface area contributed by atoms with Crippen LogP contribution in [0.2, 0.25) is 0 Å². The minimum absolute atomic E-state index is 0.0400. The van der Waals surface area contributed by atoms with Crippen molar-refractivity contribution < 1.29 is 14.6 Å². The van der Waals surface area contributed by atoms with Gasteiger partial charge in [0.1, 0.15) is 5.75 Å². The Morgan fingerprint density at radius 2 is 2.08 bits per heavy atom. The van der Waals surface area contributed by atoms with Crippen LogP contribution < -0.4 is 15.4 Å². The molecule has 0 aliphatic heterocycles. The molecule has 24 heavy (non-hydrogen) atoms. The van der Waals surface area contributed by atoms with Gasteiger partial charge in [0, 0.05) is 25.6 Å². The monoisotopic (exact) mass is 330 g/mol. The Balaban J connectivity index is 2.23. The van der Waals surface area contributed by atoms with Crippen LogP contribution in [0.1, 0.15) is 31.2 Å². The van der Waals surface area contributed by atoms with E-state index in [1.54, 1.807) is 7.11 Å². The lowest BCUT2D eigenvalue weighted by atomic mass is 9.91. The highest BCUT2D eigenvalue weighted by atomic mass is 16.5. The predicted octanol–water partition coefficient (Wildman–Crippen LogP) is 3.02. The van der Waals surface area contributed by atoms with Gasteiger partial charge in [0.2, 0.25) is 0 Å². The van der Waals surface area contributed by atoms with Crippen LogP contribution in [-0.2, 0) is 0 Å². The Morgan fingerprint density at radius 3 is 2.79 bits per heavy atom. The van der Waals surface area contributed by atoms with E-state index in [-0.39, 0.29) is 18.6 Å². The molecule has 2 amide bonds. The zero-order valence-electron chi connectivity index (χ0n) is 14.3. The summed E-state index contributed by atoms with van der Waals surface area (Å²) in [7, 11) is 1.65. The van der Waals surface area contributed by atoms with Crippen molar-refractivity contribution in [3.63, 3.8) is 0 Å². The summed E-state index contributed by atoms with van der Waals surface area (Å²) in [5, 5.41) is 17.3. The molecule has 0 saturated carbocycles. The fourth-order valence-electron chi connectivity index (χ4n) is 2.80. The molecule has 1 unspecified atom stereocenters. The van der Waals surface area contributed by atoms with Crippen molar-refractivity contribution in [2.45, 2.75) is 25.7 Å². The van der Waals surface area contributed by atoms with E-state index < -0.39 is 0 Å². The number of benzene rings is 2. The molecule has 0 heterocycles. The summed E-state index contributed by atoms with van der Waals surface area (Å²) < 4.78 is 5.33. The third kappa shape index (κ3) is 4.61. The minimum atomic E-state index is -0.169. The molecule has 3 N–H and O–H groups in total. The van der Waals surface area contributed by atoms with Crippen molar-refractivity contribution in [1.82, 2.24) is 10.6 Å². The van der Waals surface area contributed by atoms with Gasteiger partial charge < -0.3 is 20.5 Å². The lowest BCUT2D eigenvalue weighted by Crippen LogP contribution is -2.38. The summed E-state index contributed by atoms with van der Waals surface area (Å²) in [6, 6.07) is 11.9. The number of rotatable bonds is 8. The number of ether oxygens (including phenoxy) is 1. The Morgan fingerprint density at radius 1 is 1.25 bits per heavy atom. The molecular formula is C19H26N2O3. The van der Waals surface area contributed by atoms with E-state index in [0.29, 0.717) is 19.5 Å². The summed E-state index contributed by atoms with van der Waals surface area (Å²) in [5.74, 6) is 0.838. The average molecular weight is 330 g/mol. The van der Waals surface area contributed by atoms with Crippen LogP contribution in [0.25, 0.3) is 10.8 Å². The third-order valence-electron chi connectivity index (χ3n) is 4.08. The number of aliphatic hydroxyl groups is 1. The molecular weight excluding hydrogens is 304 g/mol. The van der Waals surface area contributed by atoms with Crippen molar-refractivity contribution >= 4 is 16.8 Å². The summed E-state index contributed by atoms with van der Waals surface area (Å²) in [5.41, 5.74) is 1.11. The molecule has 0 aliphatic carbocycles. The molecule has 0 aromatic heterocycles. The number of amides is 2. The van der Waals surface area contributed by atoms with Crippen molar-refractivity contribution in [2.24, 2.45) is 0 Å². The second kappa shape index (κ2) is 9.13. The Labute approximate surface area is 143 Å². The maximum absolute atomic E-state index is 11.8. The molecule has 2 aromatic carbocycles. The number of carbonyl (C=O) groups is 1. The fourth-order valence-corrected chi connectivity index (χ4v) is 2.80. The Kier molecular flexibility index (Phi) is 6.88. The van der Waals surface area contributed by atoms with Crippen LogP contribution >= 0.6 is 0 Å². The number of fused-ring (bicyclic) bond motifs is 1. The molecule has 0 saturated heterocycles. The molecule has 5 heteroatoms. The highest BCUT2D eigenvalue weighted by Gasteiger charge is 2.15. The largest absolute Gasteiger partial charge is 0.497 e. The molecule has 0 spiro atoms. The summed E-state index contributed by atoms with van der Waals surface area (Å²) in [6.45, 7) is 3.22. The molecule has 1 atom stereocenters. The quantitative estimate of drug-likeness (QED) is 0.697. The van der Waals surface area contributed by atoms with Crippen LogP contribution in [0.15, 0.2) is 36.4 Å². The van der Waals surface area contributed by atoms with Gasteiger partial charge in [-0.25, -0.2) is 4.79 Å². The van der Waals surface area contributed by atoms with Gasteiger partial charge in [0.05, 0.1) is 7.11 Å². The molecule has 2 rings (SSSR count). The van der Waals surface area contributed by atoms with Gasteiger partial charge >= 0.3 is 6.03 Å². The maximum atomic E-state index is 11.8. The Bertz CT molecular complexity index is 673. The second-order valence-corrected chi connectivity index (χ2v) is 5.78. The predicted molar refractivity (Wildman–Crippen MR) is 96.6 cm³/mol. The number of aliphatic hydroxyl groups excluding tert-OH is 1. The molecule has 0 radical (unpaired) electrons. The number of methoxy groups -OCH3 is 1. The van der Waals surface area contributed by atoms with Crippen molar-refractivity contribution in [1.29, 1.82) is 0 Å². The normalized spacial score (nSPS) is 12.0. The molecule has 2 aromatic rings. The lowest BCUT2D eigenvalue weighted by Gasteiger charge is -2.20. The summed E-state index contributed by atoms with van der Waals surface area (Å²) in [6.07, 6.45) is 1.49. The van der Waals surface area contributed by atoms with Crippen molar-refractivity contribution in [2.75, 3.05) is 26.8 Å². The molecule has 0 bridgehead atoms. The fraction of sp³-hybridized carbons (Fsp3) is 0.421. The molecule has 130 valence electrons. The van der Waals surface area contributed by atoms with E-state index in [1.807, 2.05) is 37.3 Å². The number of hydrogen-bond donors (Lipinski definition) is 3. The summed E-state index contributed by atoms with van der Waals surface area (Å²) in [4.78, 5) is 11.8. The van der Waals surface area contributed by atoms with Gasteiger partial charge in [0.25, 0.3) is 0 Å².